The Morgan fingerprint density at radius 2 is 1.93 bits per heavy atom. The van der Waals surface area contributed by atoms with Gasteiger partial charge in [-0.25, -0.2) is 8.42 Å². The number of nitrogens with one attached hydrogen (secondary N) is 1. The van der Waals surface area contributed by atoms with Crippen LogP contribution >= 0.6 is 11.8 Å². The van der Waals surface area contributed by atoms with Gasteiger partial charge in [0.1, 0.15) is 0 Å². The van der Waals surface area contributed by atoms with Crippen LogP contribution in [0.25, 0.3) is 0 Å². The monoisotopic (exact) mass is 437 g/mol. The second-order valence-electron chi connectivity index (χ2n) is 7.48. The van der Waals surface area contributed by atoms with Crippen LogP contribution in [0.5, 0.6) is 0 Å². The second-order valence-corrected chi connectivity index (χ2v) is 10.2. The Bertz CT molecular complexity index is 910. The number of hydrogen-bond acceptors (Lipinski definition) is 7. The van der Waals surface area contributed by atoms with Crippen molar-refractivity contribution < 1.29 is 13.2 Å². The average Bonchev–Trinajstić information content (AvgIpc) is 3.06. The van der Waals surface area contributed by atoms with E-state index in [9.17, 15) is 13.2 Å². The molecule has 0 saturated carbocycles. The lowest BCUT2D eigenvalue weighted by Gasteiger charge is -2.33. The fraction of sp³-hybridized carbons (Fsp3) is 0.579. The Kier molecular flexibility index (Phi) is 6.14. The molecule has 0 bridgehead atoms. The van der Waals surface area contributed by atoms with Gasteiger partial charge in [0.25, 0.3) is 15.9 Å². The predicted octanol–water partition coefficient (Wildman–Crippen LogP) is 1.06. The third kappa shape index (κ3) is 4.76. The molecular formula is C19H27N5O3S2. The first kappa shape index (κ1) is 20.6. The second kappa shape index (κ2) is 8.63. The number of amidine groups is 1. The van der Waals surface area contributed by atoms with Crippen molar-refractivity contribution in [1.29, 1.82) is 0 Å². The third-order valence-corrected chi connectivity index (χ3v) is 7.89. The van der Waals surface area contributed by atoms with Crippen LogP contribution in [0.3, 0.4) is 0 Å². The molecule has 0 aliphatic carbocycles. The van der Waals surface area contributed by atoms with Crippen molar-refractivity contribution in [1.82, 2.24) is 15.1 Å². The number of carbonyl (C=O) groups excluding carboxylic acids is 1. The number of nitrogens with zero attached hydrogens (tertiary/aromatic N) is 4. The minimum Gasteiger partial charge on any atom is -0.352 e. The molecule has 29 heavy (non-hydrogen) atoms. The Labute approximate surface area is 176 Å². The summed E-state index contributed by atoms with van der Waals surface area (Å²) in [6.07, 6.45) is 0.931. The van der Waals surface area contributed by atoms with Gasteiger partial charge in [0.05, 0.1) is 11.4 Å². The topological polar surface area (TPSA) is 85.3 Å². The maximum atomic E-state index is 12.5. The highest BCUT2D eigenvalue weighted by molar-refractivity contribution is 8.15. The van der Waals surface area contributed by atoms with Crippen LogP contribution in [0.4, 0.5) is 5.69 Å². The van der Waals surface area contributed by atoms with Crippen LogP contribution in [0.2, 0.25) is 0 Å². The molecular weight excluding hydrogens is 410 g/mol. The van der Waals surface area contributed by atoms with Gasteiger partial charge in [0.15, 0.2) is 5.17 Å². The van der Waals surface area contributed by atoms with Gasteiger partial charge in [-0.3, -0.25) is 4.79 Å². The molecule has 1 saturated heterocycles. The van der Waals surface area contributed by atoms with Gasteiger partial charge >= 0.3 is 0 Å². The van der Waals surface area contributed by atoms with E-state index in [1.165, 1.54) is 11.8 Å². The Balaban J connectivity index is 1.28. The number of carbonyl (C=O) groups is 1. The molecule has 0 aromatic heterocycles. The van der Waals surface area contributed by atoms with E-state index in [2.05, 4.69) is 26.4 Å². The first-order valence-electron chi connectivity index (χ1n) is 10.1. The van der Waals surface area contributed by atoms with Gasteiger partial charge in [0.2, 0.25) is 0 Å². The molecule has 10 heteroatoms. The number of likely N-dealkylation sites (N-methyl/N-ethyl adjacent to an activating group) is 1. The fourth-order valence-electron chi connectivity index (χ4n) is 3.81. The highest BCUT2D eigenvalue weighted by Crippen LogP contribution is 2.42. The van der Waals surface area contributed by atoms with Crippen LogP contribution in [0.15, 0.2) is 27.5 Å². The van der Waals surface area contributed by atoms with E-state index in [1.54, 1.807) is 6.07 Å². The number of sulfonamides is 1. The lowest BCUT2D eigenvalue weighted by molar-refractivity contribution is 0.0948. The number of amides is 1. The average molecular weight is 438 g/mol. The van der Waals surface area contributed by atoms with E-state index >= 15 is 0 Å². The minimum atomic E-state index is -3.37. The SMILES string of the molecule is CCN1CCN(CCCNC(=O)c2ccc3c(c2)SC2=NS(=O)(=O)CCN23)CC1. The van der Waals surface area contributed by atoms with Gasteiger partial charge in [-0.2, -0.15) is 0 Å². The zero-order valence-electron chi connectivity index (χ0n) is 16.6. The summed E-state index contributed by atoms with van der Waals surface area (Å²) in [5.74, 6) is -0.0738. The summed E-state index contributed by atoms with van der Waals surface area (Å²) >= 11 is 1.31. The zero-order chi connectivity index (χ0) is 20.4. The first-order valence-corrected chi connectivity index (χ1v) is 12.5. The predicted molar refractivity (Wildman–Crippen MR) is 116 cm³/mol. The Morgan fingerprint density at radius 3 is 2.69 bits per heavy atom. The summed E-state index contributed by atoms with van der Waals surface area (Å²) in [6.45, 7) is 9.81. The van der Waals surface area contributed by atoms with Crippen molar-refractivity contribution in [3.63, 3.8) is 0 Å². The summed E-state index contributed by atoms with van der Waals surface area (Å²) in [5.41, 5.74) is 1.52. The Morgan fingerprint density at radius 1 is 1.17 bits per heavy atom. The molecule has 0 radical (unpaired) electrons. The molecule has 0 atom stereocenters. The third-order valence-electron chi connectivity index (χ3n) is 5.58. The van der Waals surface area contributed by atoms with Crippen molar-refractivity contribution in [3.05, 3.63) is 23.8 Å². The van der Waals surface area contributed by atoms with Crippen LogP contribution in [0.1, 0.15) is 23.7 Å². The van der Waals surface area contributed by atoms with Crippen LogP contribution in [-0.2, 0) is 10.0 Å². The normalized spacial score (nSPS) is 21.4. The lowest BCUT2D eigenvalue weighted by Crippen LogP contribution is -2.46. The minimum absolute atomic E-state index is 0.0201. The molecule has 4 rings (SSSR count). The van der Waals surface area contributed by atoms with Crippen molar-refractivity contribution in [2.24, 2.45) is 4.40 Å². The molecule has 3 aliphatic rings. The van der Waals surface area contributed by atoms with Crippen LogP contribution < -0.4 is 10.2 Å². The zero-order valence-corrected chi connectivity index (χ0v) is 18.3. The van der Waals surface area contributed by atoms with Crippen molar-refractivity contribution in [2.45, 2.75) is 18.2 Å². The highest BCUT2D eigenvalue weighted by atomic mass is 32.2. The first-order chi connectivity index (χ1) is 13.9. The molecule has 1 aromatic rings. The number of anilines is 1. The van der Waals surface area contributed by atoms with Crippen molar-refractivity contribution in [2.75, 3.05) is 63.0 Å². The molecule has 0 unspecified atom stereocenters. The number of benzene rings is 1. The summed E-state index contributed by atoms with van der Waals surface area (Å²) < 4.78 is 27.3. The van der Waals surface area contributed by atoms with Crippen LogP contribution in [-0.4, -0.2) is 87.4 Å². The smallest absolute Gasteiger partial charge is 0.257 e. The summed E-state index contributed by atoms with van der Waals surface area (Å²) in [5, 5.41) is 3.48. The quantitative estimate of drug-likeness (QED) is 0.666. The van der Waals surface area contributed by atoms with E-state index in [-0.39, 0.29) is 11.7 Å². The van der Waals surface area contributed by atoms with E-state index < -0.39 is 10.0 Å². The molecule has 1 fully saturated rings. The number of hydrogen-bond donors (Lipinski definition) is 1. The summed E-state index contributed by atoms with van der Waals surface area (Å²) in [6, 6.07) is 5.50. The number of fused-ring (bicyclic) bond motifs is 3. The van der Waals surface area contributed by atoms with Crippen molar-refractivity contribution in [3.8, 4) is 0 Å². The molecule has 1 aromatic carbocycles. The van der Waals surface area contributed by atoms with E-state index in [1.807, 2.05) is 17.0 Å². The molecule has 8 nitrogen and oxygen atoms in total. The molecule has 3 aliphatic heterocycles. The molecule has 1 N–H and O–H groups in total. The Hall–Kier alpha value is -1.62. The highest BCUT2D eigenvalue weighted by Gasteiger charge is 2.33. The van der Waals surface area contributed by atoms with E-state index in [0.717, 1.165) is 56.3 Å². The number of thioether (sulfide) groups is 1. The standard InChI is InChI=1S/C19H27N5O3S2/c1-2-22-8-10-23(11-9-22)7-3-6-20-18(25)15-4-5-16-17(14-15)28-19-21-29(26,27)13-12-24(16)19/h4-5,14H,2-3,6-13H2,1H3,(H,20,25). The van der Waals surface area contributed by atoms with Gasteiger partial charge in [-0.05, 0) is 49.5 Å². The maximum absolute atomic E-state index is 12.5. The summed E-state index contributed by atoms with van der Waals surface area (Å²) in [4.78, 5) is 20.2. The van der Waals surface area contributed by atoms with E-state index in [0.29, 0.717) is 23.8 Å². The largest absolute Gasteiger partial charge is 0.352 e. The summed E-state index contributed by atoms with van der Waals surface area (Å²) in [7, 11) is -3.37. The number of rotatable bonds is 6. The van der Waals surface area contributed by atoms with Gasteiger partial charge < -0.3 is 20.0 Å². The van der Waals surface area contributed by atoms with Gasteiger partial charge in [-0.1, -0.05) is 6.92 Å². The van der Waals surface area contributed by atoms with E-state index in [4.69, 9.17) is 0 Å². The maximum Gasteiger partial charge on any atom is 0.257 e. The fourth-order valence-corrected chi connectivity index (χ4v) is 6.10. The molecule has 158 valence electrons. The van der Waals surface area contributed by atoms with Gasteiger partial charge in [-0.15, -0.1) is 4.40 Å². The molecule has 1 amide bonds. The molecule has 3 heterocycles. The van der Waals surface area contributed by atoms with Gasteiger partial charge in [0, 0.05) is 49.7 Å². The lowest BCUT2D eigenvalue weighted by atomic mass is 10.2. The van der Waals surface area contributed by atoms with Crippen molar-refractivity contribution >= 4 is 38.5 Å². The van der Waals surface area contributed by atoms with Crippen LogP contribution in [0, 0.1) is 0 Å². The number of piperazine rings is 1. The molecule has 0 spiro atoms.